The molecular weight excluding hydrogens is 402 g/mol. The minimum Gasteiger partial charge on any atom is -0.492 e. The molecule has 0 unspecified atom stereocenters. The molecule has 4 rings (SSSR count). The summed E-state index contributed by atoms with van der Waals surface area (Å²) >= 11 is 0. The molecule has 0 saturated heterocycles. The lowest BCUT2D eigenvalue weighted by atomic mass is 10.2. The Kier molecular flexibility index (Phi) is 6.42. The topological polar surface area (TPSA) is 48.6 Å². The molecule has 0 aliphatic rings. The van der Waals surface area contributed by atoms with E-state index in [1.807, 2.05) is 93.8 Å². The predicted octanol–water partition coefficient (Wildman–Crippen LogP) is 4.67. The first-order valence-corrected chi connectivity index (χ1v) is 10.5. The minimum atomic E-state index is -0.140. The highest BCUT2D eigenvalue weighted by Crippen LogP contribution is 2.25. The van der Waals surface area contributed by atoms with Gasteiger partial charge in [0.05, 0.1) is 11.4 Å². The Hall–Kier alpha value is -3.77. The SMILES string of the molecule is Cc1ccccc1Oc1ccc(-n2ccn(-c3ccc(OCCN(C)C)cc3)c2=O)cc1. The Bertz CT molecular complexity index is 1220. The molecule has 0 spiro atoms. The molecule has 1 heterocycles. The summed E-state index contributed by atoms with van der Waals surface area (Å²) in [5.74, 6) is 2.32. The van der Waals surface area contributed by atoms with Gasteiger partial charge in [-0.15, -0.1) is 0 Å². The van der Waals surface area contributed by atoms with Gasteiger partial charge < -0.3 is 14.4 Å². The molecular formula is C26H27N3O3. The summed E-state index contributed by atoms with van der Waals surface area (Å²) in [6.45, 7) is 3.47. The number of hydrogen-bond donors (Lipinski definition) is 0. The molecule has 6 heteroatoms. The molecule has 3 aromatic carbocycles. The van der Waals surface area contributed by atoms with Crippen LogP contribution in [0.3, 0.4) is 0 Å². The van der Waals surface area contributed by atoms with Gasteiger partial charge in [-0.05, 0) is 81.2 Å². The van der Waals surface area contributed by atoms with Crippen molar-refractivity contribution in [1.82, 2.24) is 14.0 Å². The van der Waals surface area contributed by atoms with Crippen molar-refractivity contribution in [2.24, 2.45) is 0 Å². The van der Waals surface area contributed by atoms with Crippen LogP contribution in [0.1, 0.15) is 5.56 Å². The molecule has 4 aromatic rings. The molecule has 0 bridgehead atoms. The zero-order valence-corrected chi connectivity index (χ0v) is 18.6. The van der Waals surface area contributed by atoms with E-state index in [0.717, 1.165) is 40.7 Å². The number of aromatic nitrogens is 2. The van der Waals surface area contributed by atoms with E-state index < -0.39 is 0 Å². The van der Waals surface area contributed by atoms with Gasteiger partial charge in [-0.3, -0.25) is 9.13 Å². The third-order valence-corrected chi connectivity index (χ3v) is 5.14. The number of imidazole rings is 1. The maximum atomic E-state index is 13.0. The number of benzene rings is 3. The molecule has 0 N–H and O–H groups in total. The Morgan fingerprint density at radius 1 is 0.781 bits per heavy atom. The Morgan fingerprint density at radius 2 is 1.34 bits per heavy atom. The van der Waals surface area contributed by atoms with Gasteiger partial charge >= 0.3 is 5.69 Å². The fourth-order valence-electron chi connectivity index (χ4n) is 3.29. The summed E-state index contributed by atoms with van der Waals surface area (Å²) in [5.41, 5.74) is 2.49. The van der Waals surface area contributed by atoms with Gasteiger partial charge in [-0.2, -0.15) is 0 Å². The van der Waals surface area contributed by atoms with E-state index in [1.165, 1.54) is 0 Å². The van der Waals surface area contributed by atoms with E-state index in [-0.39, 0.29) is 5.69 Å². The second-order valence-electron chi connectivity index (χ2n) is 7.83. The lowest BCUT2D eigenvalue weighted by molar-refractivity contribution is 0.261. The smallest absolute Gasteiger partial charge is 0.337 e. The highest BCUT2D eigenvalue weighted by Gasteiger charge is 2.08. The number of rotatable bonds is 8. The summed E-state index contributed by atoms with van der Waals surface area (Å²) in [4.78, 5) is 15.0. The first kappa shape index (κ1) is 21.5. The van der Waals surface area contributed by atoms with Crippen LogP contribution in [0.4, 0.5) is 0 Å². The highest BCUT2D eigenvalue weighted by atomic mass is 16.5. The molecule has 1 aromatic heterocycles. The standard InChI is InChI=1S/C26H27N3O3/c1-20-6-4-5-7-25(20)32-24-14-10-22(11-15-24)29-17-16-28(26(29)30)21-8-12-23(13-9-21)31-19-18-27(2)3/h4-17H,18-19H2,1-3H3. The summed E-state index contributed by atoms with van der Waals surface area (Å²) in [6, 6.07) is 22.9. The zero-order chi connectivity index (χ0) is 22.5. The van der Waals surface area contributed by atoms with Crippen LogP contribution in [0.25, 0.3) is 11.4 Å². The third kappa shape index (κ3) is 4.92. The first-order chi connectivity index (χ1) is 15.5. The van der Waals surface area contributed by atoms with Crippen molar-refractivity contribution in [3.63, 3.8) is 0 Å². The average Bonchev–Trinajstić information content (AvgIpc) is 3.17. The lowest BCUT2D eigenvalue weighted by Gasteiger charge is -2.11. The van der Waals surface area contributed by atoms with E-state index in [9.17, 15) is 4.79 Å². The van der Waals surface area contributed by atoms with Crippen LogP contribution in [0.5, 0.6) is 17.2 Å². The van der Waals surface area contributed by atoms with Crippen LogP contribution >= 0.6 is 0 Å². The number of para-hydroxylation sites is 1. The van der Waals surface area contributed by atoms with E-state index >= 15 is 0 Å². The lowest BCUT2D eigenvalue weighted by Crippen LogP contribution is -2.21. The number of hydrogen-bond acceptors (Lipinski definition) is 4. The molecule has 6 nitrogen and oxygen atoms in total. The van der Waals surface area contributed by atoms with Crippen LogP contribution in [-0.4, -0.2) is 41.3 Å². The molecule has 0 radical (unpaired) electrons. The van der Waals surface area contributed by atoms with Gasteiger partial charge in [0.2, 0.25) is 0 Å². The highest BCUT2D eigenvalue weighted by molar-refractivity contribution is 5.42. The van der Waals surface area contributed by atoms with Crippen molar-refractivity contribution < 1.29 is 9.47 Å². The largest absolute Gasteiger partial charge is 0.492 e. The van der Waals surface area contributed by atoms with E-state index in [2.05, 4.69) is 4.90 Å². The van der Waals surface area contributed by atoms with Crippen molar-refractivity contribution in [2.45, 2.75) is 6.92 Å². The van der Waals surface area contributed by atoms with E-state index in [0.29, 0.717) is 6.61 Å². The van der Waals surface area contributed by atoms with Crippen LogP contribution < -0.4 is 15.2 Å². The number of nitrogens with zero attached hydrogens (tertiary/aromatic N) is 3. The summed E-state index contributed by atoms with van der Waals surface area (Å²) < 4.78 is 14.9. The monoisotopic (exact) mass is 429 g/mol. The van der Waals surface area contributed by atoms with E-state index in [1.54, 1.807) is 21.5 Å². The van der Waals surface area contributed by atoms with Gasteiger partial charge in [-0.1, -0.05) is 18.2 Å². The first-order valence-electron chi connectivity index (χ1n) is 10.5. The number of ether oxygens (including phenoxy) is 2. The van der Waals surface area contributed by atoms with Crippen molar-refractivity contribution >= 4 is 0 Å². The van der Waals surface area contributed by atoms with E-state index in [4.69, 9.17) is 9.47 Å². The van der Waals surface area contributed by atoms with Crippen LogP contribution in [0.15, 0.2) is 90.0 Å². The number of aryl methyl sites for hydroxylation is 1. The summed E-state index contributed by atoms with van der Waals surface area (Å²) in [5, 5.41) is 0. The van der Waals surface area contributed by atoms with Crippen molar-refractivity contribution in [3.8, 4) is 28.6 Å². The van der Waals surface area contributed by atoms with Gasteiger partial charge in [0.15, 0.2) is 0 Å². The molecule has 0 amide bonds. The normalized spacial score (nSPS) is 11.0. The Balaban J connectivity index is 1.48. The maximum absolute atomic E-state index is 13.0. The Labute approximate surface area is 187 Å². The van der Waals surface area contributed by atoms with Gasteiger partial charge in [0, 0.05) is 18.9 Å². The van der Waals surface area contributed by atoms with Crippen LogP contribution in [0.2, 0.25) is 0 Å². The maximum Gasteiger partial charge on any atom is 0.337 e. The summed E-state index contributed by atoms with van der Waals surface area (Å²) in [7, 11) is 4.02. The second kappa shape index (κ2) is 9.58. The Morgan fingerprint density at radius 3 is 1.91 bits per heavy atom. The van der Waals surface area contributed by atoms with Gasteiger partial charge in [-0.25, -0.2) is 4.79 Å². The quantitative estimate of drug-likeness (QED) is 0.408. The molecule has 0 aliphatic carbocycles. The van der Waals surface area contributed by atoms with Gasteiger partial charge in [0.25, 0.3) is 0 Å². The van der Waals surface area contributed by atoms with Crippen molar-refractivity contribution in [3.05, 3.63) is 101 Å². The molecule has 0 fully saturated rings. The molecule has 0 atom stereocenters. The zero-order valence-electron chi connectivity index (χ0n) is 18.6. The predicted molar refractivity (Wildman–Crippen MR) is 127 cm³/mol. The number of likely N-dealkylation sites (N-methyl/N-ethyl adjacent to an activating group) is 1. The average molecular weight is 430 g/mol. The van der Waals surface area contributed by atoms with Gasteiger partial charge in [0.1, 0.15) is 23.9 Å². The minimum absolute atomic E-state index is 0.140. The fraction of sp³-hybridized carbons (Fsp3) is 0.192. The van der Waals surface area contributed by atoms with Crippen LogP contribution in [0, 0.1) is 6.92 Å². The van der Waals surface area contributed by atoms with Crippen LogP contribution in [-0.2, 0) is 0 Å². The molecule has 32 heavy (non-hydrogen) atoms. The molecule has 164 valence electrons. The second-order valence-corrected chi connectivity index (χ2v) is 7.83. The fourth-order valence-corrected chi connectivity index (χ4v) is 3.29. The third-order valence-electron chi connectivity index (χ3n) is 5.14. The summed E-state index contributed by atoms with van der Waals surface area (Å²) in [6.07, 6.45) is 3.53. The molecule has 0 saturated carbocycles. The van der Waals surface area contributed by atoms with Crippen molar-refractivity contribution in [2.75, 3.05) is 27.2 Å². The van der Waals surface area contributed by atoms with Crippen molar-refractivity contribution in [1.29, 1.82) is 0 Å². The molecule has 0 aliphatic heterocycles.